The van der Waals surface area contributed by atoms with Gasteiger partial charge in [0.25, 0.3) is 0 Å². The highest BCUT2D eigenvalue weighted by molar-refractivity contribution is 8.00. The van der Waals surface area contributed by atoms with E-state index in [4.69, 9.17) is 0 Å². The Hall–Kier alpha value is -1.49. The van der Waals surface area contributed by atoms with Crippen molar-refractivity contribution in [3.05, 3.63) is 35.9 Å². The zero-order chi connectivity index (χ0) is 13.7. The Bertz CT molecular complexity index is 450. The predicted octanol–water partition coefficient (Wildman–Crippen LogP) is 1.27. The lowest BCUT2D eigenvalue weighted by Crippen LogP contribution is -2.41. The summed E-state index contributed by atoms with van der Waals surface area (Å²) in [7, 11) is 1.59. The third-order valence-corrected chi connectivity index (χ3v) is 4.47. The number of likely N-dealkylation sites (N-methyl/N-ethyl adjacent to an activating group) is 1. The van der Waals surface area contributed by atoms with E-state index in [0.717, 1.165) is 12.8 Å². The minimum Gasteiger partial charge on any atom is -0.358 e. The van der Waals surface area contributed by atoms with Gasteiger partial charge in [-0.25, -0.2) is 0 Å². The number of aryl methyl sites for hydroxylation is 1. The monoisotopic (exact) mass is 278 g/mol. The zero-order valence-corrected chi connectivity index (χ0v) is 11.8. The molecule has 0 aromatic heterocycles. The van der Waals surface area contributed by atoms with E-state index >= 15 is 0 Å². The molecular weight excluding hydrogens is 260 g/mol. The number of nitrogens with one attached hydrogen (secondary N) is 1. The Labute approximate surface area is 117 Å². The summed E-state index contributed by atoms with van der Waals surface area (Å²) in [6.45, 7) is 0.168. The van der Waals surface area contributed by atoms with Crippen molar-refractivity contribution in [3.8, 4) is 0 Å². The molecule has 1 heterocycles. The number of amides is 2. The molecule has 1 aliphatic heterocycles. The Balaban J connectivity index is 1.91. The van der Waals surface area contributed by atoms with Crippen LogP contribution in [0.25, 0.3) is 0 Å². The van der Waals surface area contributed by atoms with Crippen molar-refractivity contribution in [1.29, 1.82) is 0 Å². The van der Waals surface area contributed by atoms with Gasteiger partial charge in [-0.05, 0) is 18.4 Å². The standard InChI is InChI=1S/C14H18N2O2S/c1-15-12(17)9-16-13(18)10-19-14(16)8-7-11-5-3-2-4-6-11/h2-6,14H,7-10H2,1H3,(H,15,17). The lowest BCUT2D eigenvalue weighted by atomic mass is 10.1. The summed E-state index contributed by atoms with van der Waals surface area (Å²) in [5.74, 6) is 0.434. The molecule has 102 valence electrons. The van der Waals surface area contributed by atoms with E-state index in [-0.39, 0.29) is 23.7 Å². The molecule has 1 fully saturated rings. The molecule has 1 aromatic carbocycles. The molecular formula is C14H18N2O2S. The molecule has 4 nitrogen and oxygen atoms in total. The first-order chi connectivity index (χ1) is 9.20. The fourth-order valence-electron chi connectivity index (χ4n) is 2.10. The number of nitrogens with zero attached hydrogens (tertiary/aromatic N) is 1. The van der Waals surface area contributed by atoms with Gasteiger partial charge in [0.1, 0.15) is 6.54 Å². The summed E-state index contributed by atoms with van der Waals surface area (Å²) in [4.78, 5) is 24.9. The van der Waals surface area contributed by atoms with Crippen LogP contribution >= 0.6 is 11.8 Å². The maximum absolute atomic E-state index is 11.8. The van der Waals surface area contributed by atoms with Gasteiger partial charge in [0, 0.05) is 7.05 Å². The van der Waals surface area contributed by atoms with Crippen molar-refractivity contribution in [2.75, 3.05) is 19.3 Å². The van der Waals surface area contributed by atoms with Gasteiger partial charge in [-0.1, -0.05) is 30.3 Å². The SMILES string of the molecule is CNC(=O)CN1C(=O)CSC1CCc1ccccc1. The quantitative estimate of drug-likeness (QED) is 0.882. The third kappa shape index (κ3) is 3.73. The van der Waals surface area contributed by atoms with E-state index in [9.17, 15) is 9.59 Å². The molecule has 2 rings (SSSR count). The highest BCUT2D eigenvalue weighted by atomic mass is 32.2. The largest absolute Gasteiger partial charge is 0.358 e. The normalized spacial score (nSPS) is 18.7. The average molecular weight is 278 g/mol. The third-order valence-electron chi connectivity index (χ3n) is 3.18. The summed E-state index contributed by atoms with van der Waals surface area (Å²) in [5.41, 5.74) is 1.27. The molecule has 0 aliphatic carbocycles. The van der Waals surface area contributed by atoms with Crippen LogP contribution in [0.4, 0.5) is 0 Å². The van der Waals surface area contributed by atoms with Crippen LogP contribution in [0, 0.1) is 0 Å². The molecule has 2 amide bonds. The Kier molecular flexibility index (Phi) is 4.85. The molecule has 0 bridgehead atoms. The molecule has 1 N–H and O–H groups in total. The molecule has 1 unspecified atom stereocenters. The van der Waals surface area contributed by atoms with Gasteiger partial charge >= 0.3 is 0 Å². The van der Waals surface area contributed by atoms with Crippen molar-refractivity contribution in [2.24, 2.45) is 0 Å². The van der Waals surface area contributed by atoms with E-state index in [1.165, 1.54) is 5.56 Å². The minimum atomic E-state index is -0.111. The zero-order valence-electron chi connectivity index (χ0n) is 11.0. The summed E-state index contributed by atoms with van der Waals surface area (Å²) in [6.07, 6.45) is 1.81. The van der Waals surface area contributed by atoms with Crippen LogP contribution in [0.15, 0.2) is 30.3 Å². The van der Waals surface area contributed by atoms with E-state index < -0.39 is 0 Å². The minimum absolute atomic E-state index is 0.0617. The van der Waals surface area contributed by atoms with Gasteiger partial charge in [0.15, 0.2) is 0 Å². The highest BCUT2D eigenvalue weighted by Gasteiger charge is 2.32. The second-order valence-electron chi connectivity index (χ2n) is 4.48. The number of benzene rings is 1. The van der Waals surface area contributed by atoms with Crippen LogP contribution in [0.5, 0.6) is 0 Å². The topological polar surface area (TPSA) is 49.4 Å². The molecule has 1 aliphatic rings. The number of hydrogen-bond acceptors (Lipinski definition) is 3. The maximum Gasteiger partial charge on any atom is 0.239 e. The average Bonchev–Trinajstić information content (AvgIpc) is 2.78. The molecule has 0 radical (unpaired) electrons. The molecule has 0 saturated carbocycles. The number of carbonyl (C=O) groups excluding carboxylic acids is 2. The van der Waals surface area contributed by atoms with Gasteiger partial charge in [0.2, 0.25) is 11.8 Å². The van der Waals surface area contributed by atoms with Gasteiger partial charge < -0.3 is 10.2 Å². The Morgan fingerprint density at radius 2 is 2.16 bits per heavy atom. The molecule has 19 heavy (non-hydrogen) atoms. The molecule has 5 heteroatoms. The maximum atomic E-state index is 11.8. The van der Waals surface area contributed by atoms with Crippen molar-refractivity contribution < 1.29 is 9.59 Å². The highest BCUT2D eigenvalue weighted by Crippen LogP contribution is 2.28. The first-order valence-electron chi connectivity index (χ1n) is 6.36. The first kappa shape index (κ1) is 13.9. The van der Waals surface area contributed by atoms with Gasteiger partial charge in [-0.2, -0.15) is 0 Å². The van der Waals surface area contributed by atoms with Crippen molar-refractivity contribution in [3.63, 3.8) is 0 Å². The van der Waals surface area contributed by atoms with Crippen LogP contribution in [-0.4, -0.2) is 41.4 Å². The Morgan fingerprint density at radius 3 is 2.84 bits per heavy atom. The summed E-state index contributed by atoms with van der Waals surface area (Å²) in [6, 6.07) is 10.2. The molecule has 1 atom stereocenters. The molecule has 0 spiro atoms. The fraction of sp³-hybridized carbons (Fsp3) is 0.429. The first-order valence-corrected chi connectivity index (χ1v) is 7.41. The van der Waals surface area contributed by atoms with Crippen molar-refractivity contribution in [2.45, 2.75) is 18.2 Å². The molecule has 1 aromatic rings. The van der Waals surface area contributed by atoms with Gasteiger partial charge in [0.05, 0.1) is 11.1 Å². The van der Waals surface area contributed by atoms with Crippen molar-refractivity contribution >= 4 is 23.6 Å². The van der Waals surface area contributed by atoms with E-state index in [0.29, 0.717) is 5.75 Å². The van der Waals surface area contributed by atoms with E-state index in [1.54, 1.807) is 23.7 Å². The fourth-order valence-corrected chi connectivity index (χ4v) is 3.26. The van der Waals surface area contributed by atoms with E-state index in [2.05, 4.69) is 17.4 Å². The van der Waals surface area contributed by atoms with Crippen molar-refractivity contribution in [1.82, 2.24) is 10.2 Å². The Morgan fingerprint density at radius 1 is 1.42 bits per heavy atom. The van der Waals surface area contributed by atoms with Crippen LogP contribution in [0.3, 0.4) is 0 Å². The lowest BCUT2D eigenvalue weighted by molar-refractivity contribution is -0.133. The van der Waals surface area contributed by atoms with Crippen LogP contribution in [0.2, 0.25) is 0 Å². The number of rotatable bonds is 5. The lowest BCUT2D eigenvalue weighted by Gasteiger charge is -2.23. The van der Waals surface area contributed by atoms with Crippen LogP contribution < -0.4 is 5.32 Å². The predicted molar refractivity (Wildman–Crippen MR) is 76.8 cm³/mol. The van der Waals surface area contributed by atoms with Gasteiger partial charge in [-0.3, -0.25) is 9.59 Å². The number of hydrogen-bond donors (Lipinski definition) is 1. The number of thioether (sulfide) groups is 1. The summed E-state index contributed by atoms with van der Waals surface area (Å²) >= 11 is 1.63. The summed E-state index contributed by atoms with van der Waals surface area (Å²) < 4.78 is 0. The van der Waals surface area contributed by atoms with E-state index in [1.807, 2.05) is 18.2 Å². The van der Waals surface area contributed by atoms with Crippen LogP contribution in [-0.2, 0) is 16.0 Å². The summed E-state index contributed by atoms with van der Waals surface area (Å²) in [5, 5.41) is 2.68. The molecule has 1 saturated heterocycles. The second-order valence-corrected chi connectivity index (χ2v) is 5.65. The second kappa shape index (κ2) is 6.61. The number of carbonyl (C=O) groups is 2. The smallest absolute Gasteiger partial charge is 0.239 e. The van der Waals surface area contributed by atoms with Crippen LogP contribution in [0.1, 0.15) is 12.0 Å². The van der Waals surface area contributed by atoms with Gasteiger partial charge in [-0.15, -0.1) is 11.8 Å².